The zero-order valence-corrected chi connectivity index (χ0v) is 13.0. The number of hydrogen-bond acceptors (Lipinski definition) is 5. The molecule has 21 heavy (non-hydrogen) atoms. The summed E-state index contributed by atoms with van der Waals surface area (Å²) in [5.41, 5.74) is 0.741. The molecule has 0 saturated carbocycles. The van der Waals surface area contributed by atoms with E-state index in [1.54, 1.807) is 17.5 Å². The standard InChI is InChI=1S/C15H15ClN4S/c16-14-2-1-4-18-15(14)20-5-3-12(9-20)19-8-13-6-11(7-17)10-21-13/h1-2,4,6,10,12,19H,3,5,8-9H2/t12-/m1/s1. The fourth-order valence-electron chi connectivity index (χ4n) is 2.51. The van der Waals surface area contributed by atoms with Crippen LogP contribution < -0.4 is 10.2 Å². The van der Waals surface area contributed by atoms with Gasteiger partial charge in [-0.3, -0.25) is 0 Å². The molecule has 4 nitrogen and oxygen atoms in total. The molecule has 0 unspecified atom stereocenters. The summed E-state index contributed by atoms with van der Waals surface area (Å²) in [7, 11) is 0. The van der Waals surface area contributed by atoms with Crippen molar-refractivity contribution in [3.8, 4) is 6.07 Å². The van der Waals surface area contributed by atoms with E-state index in [-0.39, 0.29) is 0 Å². The van der Waals surface area contributed by atoms with Crippen LogP contribution in [0.15, 0.2) is 29.8 Å². The Morgan fingerprint density at radius 1 is 1.57 bits per heavy atom. The predicted octanol–water partition coefficient (Wildman–Crippen LogP) is 3.04. The van der Waals surface area contributed by atoms with Crippen molar-refractivity contribution in [1.82, 2.24) is 10.3 Å². The maximum absolute atomic E-state index is 8.83. The lowest BCUT2D eigenvalue weighted by Crippen LogP contribution is -2.32. The van der Waals surface area contributed by atoms with Gasteiger partial charge in [0.1, 0.15) is 11.9 Å². The molecule has 2 aromatic heterocycles. The van der Waals surface area contributed by atoms with Crippen molar-refractivity contribution < 1.29 is 0 Å². The van der Waals surface area contributed by atoms with Gasteiger partial charge in [-0.2, -0.15) is 5.26 Å². The van der Waals surface area contributed by atoms with Gasteiger partial charge in [-0.1, -0.05) is 11.6 Å². The summed E-state index contributed by atoms with van der Waals surface area (Å²) in [6, 6.07) is 8.26. The van der Waals surface area contributed by atoms with Gasteiger partial charge in [0.15, 0.2) is 0 Å². The molecule has 1 aliphatic heterocycles. The largest absolute Gasteiger partial charge is 0.354 e. The molecule has 1 fully saturated rings. The molecule has 0 radical (unpaired) electrons. The molecule has 0 bridgehead atoms. The van der Waals surface area contributed by atoms with Crippen LogP contribution in [0.4, 0.5) is 5.82 Å². The minimum Gasteiger partial charge on any atom is -0.354 e. The molecule has 0 spiro atoms. The summed E-state index contributed by atoms with van der Waals surface area (Å²) in [4.78, 5) is 7.77. The smallest absolute Gasteiger partial charge is 0.147 e. The first-order valence-electron chi connectivity index (χ1n) is 6.82. The fourth-order valence-corrected chi connectivity index (χ4v) is 3.51. The van der Waals surface area contributed by atoms with Gasteiger partial charge in [0, 0.05) is 42.1 Å². The van der Waals surface area contributed by atoms with E-state index in [2.05, 4.69) is 21.3 Å². The van der Waals surface area contributed by atoms with E-state index in [0.29, 0.717) is 11.1 Å². The number of aromatic nitrogens is 1. The van der Waals surface area contributed by atoms with E-state index in [9.17, 15) is 0 Å². The van der Waals surface area contributed by atoms with Gasteiger partial charge < -0.3 is 10.2 Å². The highest BCUT2D eigenvalue weighted by Crippen LogP contribution is 2.26. The SMILES string of the molecule is N#Cc1csc(CN[C@@H]2CCN(c3ncccc3Cl)C2)c1. The predicted molar refractivity (Wildman–Crippen MR) is 85.7 cm³/mol. The molecule has 0 aromatic carbocycles. The highest BCUT2D eigenvalue weighted by molar-refractivity contribution is 7.10. The lowest BCUT2D eigenvalue weighted by Gasteiger charge is -2.18. The Morgan fingerprint density at radius 2 is 2.48 bits per heavy atom. The average molecular weight is 319 g/mol. The van der Waals surface area contributed by atoms with Crippen molar-refractivity contribution in [2.75, 3.05) is 18.0 Å². The normalized spacial score (nSPS) is 17.9. The Balaban J connectivity index is 1.55. The first-order valence-corrected chi connectivity index (χ1v) is 8.08. The van der Waals surface area contributed by atoms with Gasteiger partial charge >= 0.3 is 0 Å². The number of anilines is 1. The number of rotatable bonds is 4. The van der Waals surface area contributed by atoms with Crippen molar-refractivity contribution in [1.29, 1.82) is 5.26 Å². The number of pyridine rings is 1. The third kappa shape index (κ3) is 3.35. The monoisotopic (exact) mass is 318 g/mol. The number of halogens is 1. The maximum Gasteiger partial charge on any atom is 0.147 e. The Bertz CT molecular complexity index is 664. The molecule has 1 atom stereocenters. The number of thiophene rings is 1. The van der Waals surface area contributed by atoms with Gasteiger partial charge in [0.2, 0.25) is 0 Å². The van der Waals surface area contributed by atoms with E-state index in [1.165, 1.54) is 4.88 Å². The first-order chi connectivity index (χ1) is 10.3. The molecule has 0 aliphatic carbocycles. The minimum absolute atomic E-state index is 0.427. The average Bonchev–Trinajstić information content (AvgIpc) is 3.14. The van der Waals surface area contributed by atoms with Crippen LogP contribution in [-0.2, 0) is 6.54 Å². The molecule has 1 aliphatic rings. The molecule has 0 amide bonds. The second-order valence-corrected chi connectivity index (χ2v) is 6.44. The highest BCUT2D eigenvalue weighted by atomic mass is 35.5. The minimum atomic E-state index is 0.427. The summed E-state index contributed by atoms with van der Waals surface area (Å²) < 4.78 is 0. The number of nitriles is 1. The maximum atomic E-state index is 8.83. The Hall–Kier alpha value is -1.61. The van der Waals surface area contributed by atoms with Crippen LogP contribution >= 0.6 is 22.9 Å². The van der Waals surface area contributed by atoms with Gasteiger partial charge in [-0.25, -0.2) is 4.98 Å². The van der Waals surface area contributed by atoms with E-state index < -0.39 is 0 Å². The first kappa shape index (κ1) is 14.3. The van der Waals surface area contributed by atoms with Crippen LogP contribution in [0.1, 0.15) is 16.9 Å². The molecular weight excluding hydrogens is 304 g/mol. The molecule has 1 saturated heterocycles. The Morgan fingerprint density at radius 3 is 3.24 bits per heavy atom. The van der Waals surface area contributed by atoms with Crippen LogP contribution in [0.5, 0.6) is 0 Å². The van der Waals surface area contributed by atoms with Crippen molar-refractivity contribution in [2.24, 2.45) is 0 Å². The third-order valence-corrected chi connectivity index (χ3v) is 4.81. The lowest BCUT2D eigenvalue weighted by molar-refractivity contribution is 0.555. The van der Waals surface area contributed by atoms with Crippen molar-refractivity contribution in [3.05, 3.63) is 45.2 Å². The summed E-state index contributed by atoms with van der Waals surface area (Å²) in [6.45, 7) is 2.68. The molecule has 3 heterocycles. The number of nitrogens with one attached hydrogen (secondary N) is 1. The van der Waals surface area contributed by atoms with E-state index in [1.807, 2.05) is 23.6 Å². The Kier molecular flexibility index (Phi) is 4.39. The molecule has 1 N–H and O–H groups in total. The van der Waals surface area contributed by atoms with Crippen LogP contribution in [0, 0.1) is 11.3 Å². The second-order valence-electron chi connectivity index (χ2n) is 5.03. The van der Waals surface area contributed by atoms with Crippen molar-refractivity contribution in [2.45, 2.75) is 19.0 Å². The summed E-state index contributed by atoms with van der Waals surface area (Å²) >= 11 is 7.82. The van der Waals surface area contributed by atoms with Crippen LogP contribution in [0.25, 0.3) is 0 Å². The van der Waals surface area contributed by atoms with Crippen molar-refractivity contribution >= 4 is 28.8 Å². The van der Waals surface area contributed by atoms with Crippen LogP contribution in [-0.4, -0.2) is 24.1 Å². The summed E-state index contributed by atoms with van der Waals surface area (Å²) in [5, 5.41) is 15.0. The van der Waals surface area contributed by atoms with Crippen LogP contribution in [0.3, 0.4) is 0 Å². The lowest BCUT2D eigenvalue weighted by atomic mass is 10.2. The molecular formula is C15H15ClN4S. The zero-order valence-electron chi connectivity index (χ0n) is 11.4. The summed E-state index contributed by atoms with van der Waals surface area (Å²) in [5.74, 6) is 0.867. The van der Waals surface area contributed by atoms with Crippen LogP contribution in [0.2, 0.25) is 5.02 Å². The molecule has 108 valence electrons. The van der Waals surface area contributed by atoms with E-state index >= 15 is 0 Å². The van der Waals surface area contributed by atoms with Gasteiger partial charge in [-0.05, 0) is 24.6 Å². The van der Waals surface area contributed by atoms with E-state index in [4.69, 9.17) is 16.9 Å². The Labute approximate surface area is 133 Å². The summed E-state index contributed by atoms with van der Waals surface area (Å²) in [6.07, 6.45) is 2.85. The fraction of sp³-hybridized carbons (Fsp3) is 0.333. The van der Waals surface area contributed by atoms with Gasteiger partial charge in [0.05, 0.1) is 10.6 Å². The second kappa shape index (κ2) is 6.44. The molecule has 2 aromatic rings. The highest BCUT2D eigenvalue weighted by Gasteiger charge is 2.24. The third-order valence-electron chi connectivity index (χ3n) is 3.57. The zero-order chi connectivity index (χ0) is 14.7. The number of nitrogens with zero attached hydrogens (tertiary/aromatic N) is 3. The number of hydrogen-bond donors (Lipinski definition) is 1. The van der Waals surface area contributed by atoms with Crippen molar-refractivity contribution in [3.63, 3.8) is 0 Å². The van der Waals surface area contributed by atoms with Gasteiger partial charge in [-0.15, -0.1) is 11.3 Å². The van der Waals surface area contributed by atoms with E-state index in [0.717, 1.165) is 37.4 Å². The molecule has 3 rings (SSSR count). The van der Waals surface area contributed by atoms with Gasteiger partial charge in [0.25, 0.3) is 0 Å². The topological polar surface area (TPSA) is 52.0 Å². The molecule has 6 heteroatoms. The quantitative estimate of drug-likeness (QED) is 0.941.